The second-order valence-corrected chi connectivity index (χ2v) is 9.26. The van der Waals surface area contributed by atoms with Crippen molar-refractivity contribution in [3.05, 3.63) is 59.7 Å². The number of nitrogens with one attached hydrogen (secondary N) is 1. The van der Waals surface area contributed by atoms with Gasteiger partial charge in [-0.1, -0.05) is 36.6 Å². The number of amidine groups is 1. The van der Waals surface area contributed by atoms with E-state index in [1.165, 1.54) is 12.8 Å². The average molecular weight is 447 g/mol. The van der Waals surface area contributed by atoms with Crippen LogP contribution in [0.2, 0.25) is 0 Å². The first-order valence-electron chi connectivity index (χ1n) is 11.7. The molecule has 2 heterocycles. The summed E-state index contributed by atoms with van der Waals surface area (Å²) in [4.78, 5) is 35.3. The molecule has 0 bridgehead atoms. The van der Waals surface area contributed by atoms with Crippen LogP contribution in [0.15, 0.2) is 53.5 Å². The molecule has 3 aliphatic rings. The first-order chi connectivity index (χ1) is 16.0. The predicted octanol–water partition coefficient (Wildman–Crippen LogP) is 4.16. The molecule has 1 unspecified atom stereocenters. The summed E-state index contributed by atoms with van der Waals surface area (Å²) < 4.78 is 5.41. The highest BCUT2D eigenvalue weighted by Crippen LogP contribution is 2.39. The Morgan fingerprint density at radius 3 is 2.64 bits per heavy atom. The van der Waals surface area contributed by atoms with E-state index in [4.69, 9.17) is 9.73 Å². The van der Waals surface area contributed by atoms with E-state index < -0.39 is 5.54 Å². The zero-order chi connectivity index (χ0) is 23.0. The smallest absolute Gasteiger partial charge is 0.328 e. The van der Waals surface area contributed by atoms with E-state index in [9.17, 15) is 9.59 Å². The molecule has 2 aliphatic heterocycles. The standard InChI is InChI=1S/C26H30N4O3/c1-18-10-12-19(13-11-18)23(31)29-15-14-26(17-29)24(27-20-6-3-4-7-20)28-25(32)30(26)21-8-5-9-22(16-21)33-2/h5,8-13,16,20H,3-4,6-7,14-15,17H2,1-2H3,(H,27,28,32). The quantitative estimate of drug-likeness (QED) is 0.766. The molecule has 2 saturated heterocycles. The molecule has 7 heteroatoms. The minimum atomic E-state index is -0.702. The van der Waals surface area contributed by atoms with Crippen LogP contribution in [-0.4, -0.2) is 54.5 Å². The van der Waals surface area contributed by atoms with E-state index in [2.05, 4.69) is 5.32 Å². The summed E-state index contributed by atoms with van der Waals surface area (Å²) in [5.74, 6) is 1.36. The van der Waals surface area contributed by atoms with Gasteiger partial charge in [-0.15, -0.1) is 0 Å². The molecule has 2 aromatic rings. The lowest BCUT2D eigenvalue weighted by Gasteiger charge is -2.33. The molecule has 172 valence electrons. The Balaban J connectivity index is 1.52. The van der Waals surface area contributed by atoms with E-state index in [1.807, 2.05) is 60.4 Å². The molecule has 3 amide bonds. The van der Waals surface area contributed by atoms with E-state index in [1.54, 1.807) is 12.0 Å². The number of hydrogen-bond donors (Lipinski definition) is 1. The Morgan fingerprint density at radius 2 is 1.91 bits per heavy atom. The Labute approximate surface area is 194 Å². The van der Waals surface area contributed by atoms with Gasteiger partial charge >= 0.3 is 6.03 Å². The molecular formula is C26H30N4O3. The van der Waals surface area contributed by atoms with Gasteiger partial charge in [0, 0.05) is 18.2 Å². The number of methoxy groups -OCH3 is 1. The van der Waals surface area contributed by atoms with Crippen molar-refractivity contribution in [3.63, 3.8) is 0 Å². The lowest BCUT2D eigenvalue weighted by atomic mass is 9.95. The van der Waals surface area contributed by atoms with Crippen LogP contribution in [0.4, 0.5) is 10.5 Å². The molecule has 3 fully saturated rings. The normalized spacial score (nSPS) is 24.2. The van der Waals surface area contributed by atoms with Gasteiger partial charge in [0.15, 0.2) is 0 Å². The minimum Gasteiger partial charge on any atom is -0.497 e. The zero-order valence-corrected chi connectivity index (χ0v) is 19.2. The number of benzene rings is 2. The van der Waals surface area contributed by atoms with Crippen LogP contribution < -0.4 is 15.0 Å². The van der Waals surface area contributed by atoms with Gasteiger partial charge < -0.3 is 9.64 Å². The molecule has 0 radical (unpaired) electrons. The van der Waals surface area contributed by atoms with Crippen molar-refractivity contribution >= 4 is 23.5 Å². The SMILES string of the molecule is COc1cccc(N2C(=O)NC(=NC3CCCC3)C23CCN(C(=O)c2ccc(C)cc2)C3)c1. The first-order valence-corrected chi connectivity index (χ1v) is 11.7. The molecule has 1 spiro atoms. The number of anilines is 1. The summed E-state index contributed by atoms with van der Waals surface area (Å²) in [6, 6.07) is 15.2. The van der Waals surface area contributed by atoms with Gasteiger partial charge in [-0.3, -0.25) is 20.0 Å². The third-order valence-corrected chi connectivity index (χ3v) is 7.08. The lowest BCUT2D eigenvalue weighted by Crippen LogP contribution is -2.53. The highest BCUT2D eigenvalue weighted by Gasteiger charge is 2.56. The van der Waals surface area contributed by atoms with E-state index in [-0.39, 0.29) is 18.0 Å². The Hall–Kier alpha value is -3.35. The average Bonchev–Trinajstić information content (AvgIpc) is 3.55. The van der Waals surface area contributed by atoms with Crippen LogP contribution in [0.25, 0.3) is 0 Å². The van der Waals surface area contributed by atoms with Crippen molar-refractivity contribution in [1.29, 1.82) is 0 Å². The van der Waals surface area contributed by atoms with Gasteiger partial charge in [0.05, 0.1) is 25.4 Å². The van der Waals surface area contributed by atoms with Crippen LogP contribution >= 0.6 is 0 Å². The Bertz CT molecular complexity index is 1090. The van der Waals surface area contributed by atoms with Crippen molar-refractivity contribution in [2.45, 2.75) is 50.6 Å². The first kappa shape index (κ1) is 21.5. The molecule has 0 aromatic heterocycles. The summed E-state index contributed by atoms with van der Waals surface area (Å²) in [5, 5.41) is 3.06. The number of likely N-dealkylation sites (tertiary alicyclic amines) is 1. The lowest BCUT2D eigenvalue weighted by molar-refractivity contribution is 0.0788. The predicted molar refractivity (Wildman–Crippen MR) is 128 cm³/mol. The molecule has 1 atom stereocenters. The second-order valence-electron chi connectivity index (χ2n) is 9.26. The van der Waals surface area contributed by atoms with Crippen LogP contribution in [0.3, 0.4) is 0 Å². The topological polar surface area (TPSA) is 74.2 Å². The monoisotopic (exact) mass is 446 g/mol. The van der Waals surface area contributed by atoms with Crippen molar-refractivity contribution in [3.8, 4) is 5.75 Å². The fourth-order valence-corrected chi connectivity index (χ4v) is 5.28. The summed E-state index contributed by atoms with van der Waals surface area (Å²) in [6.07, 6.45) is 5.05. The van der Waals surface area contributed by atoms with Crippen LogP contribution in [0.5, 0.6) is 5.75 Å². The molecule has 1 saturated carbocycles. The number of hydrogen-bond acceptors (Lipinski definition) is 4. The van der Waals surface area contributed by atoms with E-state index in [0.29, 0.717) is 36.7 Å². The maximum absolute atomic E-state index is 13.3. The number of urea groups is 1. The summed E-state index contributed by atoms with van der Waals surface area (Å²) in [7, 11) is 1.61. The maximum Gasteiger partial charge on any atom is 0.328 e. The largest absolute Gasteiger partial charge is 0.497 e. The van der Waals surface area contributed by atoms with Gasteiger partial charge in [-0.2, -0.15) is 0 Å². The van der Waals surface area contributed by atoms with Gasteiger partial charge in [0.25, 0.3) is 5.91 Å². The number of nitrogens with zero attached hydrogens (tertiary/aromatic N) is 3. The fraction of sp³-hybridized carbons (Fsp3) is 0.423. The van der Waals surface area contributed by atoms with Gasteiger partial charge in [-0.05, 0) is 50.5 Å². The number of amides is 3. The van der Waals surface area contributed by atoms with Crippen LogP contribution in [-0.2, 0) is 0 Å². The third kappa shape index (κ3) is 3.86. The third-order valence-electron chi connectivity index (χ3n) is 7.08. The Morgan fingerprint density at radius 1 is 1.15 bits per heavy atom. The summed E-state index contributed by atoms with van der Waals surface area (Å²) in [5.41, 5.74) is 1.82. The summed E-state index contributed by atoms with van der Waals surface area (Å²) in [6.45, 7) is 2.97. The van der Waals surface area contributed by atoms with Crippen LogP contribution in [0.1, 0.15) is 48.0 Å². The number of aryl methyl sites for hydroxylation is 1. The molecular weight excluding hydrogens is 416 g/mol. The molecule has 1 N–H and O–H groups in total. The molecule has 2 aromatic carbocycles. The fourth-order valence-electron chi connectivity index (χ4n) is 5.28. The molecule has 33 heavy (non-hydrogen) atoms. The number of carbonyl (C=O) groups is 2. The van der Waals surface area contributed by atoms with E-state index >= 15 is 0 Å². The highest BCUT2D eigenvalue weighted by atomic mass is 16.5. The number of carbonyl (C=O) groups excluding carboxylic acids is 2. The zero-order valence-electron chi connectivity index (χ0n) is 19.2. The van der Waals surface area contributed by atoms with Crippen molar-refractivity contribution < 1.29 is 14.3 Å². The van der Waals surface area contributed by atoms with E-state index in [0.717, 1.165) is 24.1 Å². The molecule has 1 aliphatic carbocycles. The van der Waals surface area contributed by atoms with Gasteiger partial charge in [0.1, 0.15) is 17.1 Å². The number of aliphatic imine (C=N–C) groups is 1. The highest BCUT2D eigenvalue weighted by molar-refractivity contribution is 6.19. The van der Waals surface area contributed by atoms with Gasteiger partial charge in [-0.25, -0.2) is 4.79 Å². The maximum atomic E-state index is 13.3. The van der Waals surface area contributed by atoms with Crippen molar-refractivity contribution in [2.24, 2.45) is 4.99 Å². The van der Waals surface area contributed by atoms with Crippen molar-refractivity contribution in [2.75, 3.05) is 25.1 Å². The number of rotatable bonds is 4. The number of ether oxygens (including phenoxy) is 1. The second kappa shape index (κ2) is 8.54. The Kier molecular flexibility index (Phi) is 5.56. The molecule has 5 rings (SSSR count). The van der Waals surface area contributed by atoms with Gasteiger partial charge in [0.2, 0.25) is 0 Å². The summed E-state index contributed by atoms with van der Waals surface area (Å²) >= 11 is 0. The van der Waals surface area contributed by atoms with Crippen molar-refractivity contribution in [1.82, 2.24) is 10.2 Å². The van der Waals surface area contributed by atoms with Crippen LogP contribution in [0, 0.1) is 6.92 Å². The molecule has 7 nitrogen and oxygen atoms in total. The minimum absolute atomic E-state index is 0.0166.